The van der Waals surface area contributed by atoms with Crippen molar-refractivity contribution in [1.29, 1.82) is 0 Å². The van der Waals surface area contributed by atoms with Crippen LogP contribution in [0.15, 0.2) is 36.2 Å². The standard InChI is InChI=1S/C10H10O5/c1-7(11)14-9-5-3-4-6-13-10(9)15-8(2)12/h3-6H,1-2H3. The molecular formula is C10H10O5. The summed E-state index contributed by atoms with van der Waals surface area (Å²) >= 11 is 0. The summed E-state index contributed by atoms with van der Waals surface area (Å²) < 4.78 is 14.5. The summed E-state index contributed by atoms with van der Waals surface area (Å²) in [5.74, 6) is -1.17. The first-order valence-corrected chi connectivity index (χ1v) is 4.20. The van der Waals surface area contributed by atoms with Crippen LogP contribution in [0.1, 0.15) is 13.8 Å². The molecule has 0 N–H and O–H groups in total. The highest BCUT2D eigenvalue weighted by Gasteiger charge is 2.14. The second-order valence-corrected chi connectivity index (χ2v) is 2.64. The molecule has 0 aliphatic carbocycles. The van der Waals surface area contributed by atoms with E-state index in [0.29, 0.717) is 0 Å². The van der Waals surface area contributed by atoms with Gasteiger partial charge in [0, 0.05) is 13.8 Å². The molecule has 0 fully saturated rings. The normalized spacial score (nSPS) is 14.3. The van der Waals surface area contributed by atoms with Gasteiger partial charge in [0.1, 0.15) is 0 Å². The topological polar surface area (TPSA) is 61.8 Å². The average Bonchev–Trinajstić information content (AvgIpc) is 2.30. The van der Waals surface area contributed by atoms with Crippen molar-refractivity contribution in [3.8, 4) is 0 Å². The van der Waals surface area contributed by atoms with Crippen LogP contribution in [-0.4, -0.2) is 11.9 Å². The van der Waals surface area contributed by atoms with E-state index in [-0.39, 0.29) is 11.7 Å². The Morgan fingerprint density at radius 2 is 1.80 bits per heavy atom. The number of rotatable bonds is 2. The van der Waals surface area contributed by atoms with Gasteiger partial charge in [-0.3, -0.25) is 9.59 Å². The zero-order chi connectivity index (χ0) is 11.3. The first-order valence-electron chi connectivity index (χ1n) is 4.20. The zero-order valence-corrected chi connectivity index (χ0v) is 8.35. The third kappa shape index (κ3) is 3.68. The Kier molecular flexibility index (Phi) is 3.68. The molecule has 1 rings (SSSR count). The maximum absolute atomic E-state index is 10.7. The Bertz CT molecular complexity index is 362. The van der Waals surface area contributed by atoms with E-state index in [4.69, 9.17) is 14.2 Å². The van der Waals surface area contributed by atoms with E-state index in [9.17, 15) is 9.59 Å². The molecule has 1 heterocycles. The quantitative estimate of drug-likeness (QED) is 0.644. The van der Waals surface area contributed by atoms with Crippen LogP contribution in [0.2, 0.25) is 0 Å². The molecule has 5 heteroatoms. The third-order valence-electron chi connectivity index (χ3n) is 1.30. The molecule has 0 unspecified atom stereocenters. The van der Waals surface area contributed by atoms with Crippen LogP contribution in [0, 0.1) is 0 Å². The summed E-state index contributed by atoms with van der Waals surface area (Å²) in [6, 6.07) is 0. The number of hydrogen-bond acceptors (Lipinski definition) is 5. The van der Waals surface area contributed by atoms with Crippen molar-refractivity contribution in [2.24, 2.45) is 0 Å². The first-order chi connectivity index (χ1) is 7.09. The smallest absolute Gasteiger partial charge is 0.337 e. The highest BCUT2D eigenvalue weighted by molar-refractivity contribution is 5.69. The van der Waals surface area contributed by atoms with Crippen molar-refractivity contribution < 1.29 is 23.8 Å². The molecule has 0 amide bonds. The second-order valence-electron chi connectivity index (χ2n) is 2.64. The number of allylic oxidation sites excluding steroid dienone is 3. The van der Waals surface area contributed by atoms with Gasteiger partial charge in [-0.05, 0) is 12.2 Å². The zero-order valence-electron chi connectivity index (χ0n) is 8.35. The lowest BCUT2D eigenvalue weighted by Crippen LogP contribution is -2.07. The maximum atomic E-state index is 10.7. The lowest BCUT2D eigenvalue weighted by molar-refractivity contribution is -0.144. The van der Waals surface area contributed by atoms with E-state index in [0.717, 1.165) is 0 Å². The molecule has 0 spiro atoms. The van der Waals surface area contributed by atoms with Gasteiger partial charge in [0.05, 0.1) is 6.26 Å². The molecule has 80 valence electrons. The van der Waals surface area contributed by atoms with Crippen LogP contribution in [0.3, 0.4) is 0 Å². The fourth-order valence-electron chi connectivity index (χ4n) is 0.851. The van der Waals surface area contributed by atoms with Gasteiger partial charge < -0.3 is 14.2 Å². The predicted octanol–water partition coefficient (Wildman–Crippen LogP) is 1.38. The minimum Gasteiger partial charge on any atom is -0.431 e. The molecule has 0 bridgehead atoms. The van der Waals surface area contributed by atoms with Crippen LogP contribution in [-0.2, 0) is 23.8 Å². The monoisotopic (exact) mass is 210 g/mol. The second kappa shape index (κ2) is 4.99. The summed E-state index contributed by atoms with van der Waals surface area (Å²) in [6.07, 6.45) is 5.93. The van der Waals surface area contributed by atoms with Gasteiger partial charge in [-0.2, -0.15) is 0 Å². The fourth-order valence-corrected chi connectivity index (χ4v) is 0.851. The van der Waals surface area contributed by atoms with E-state index < -0.39 is 11.9 Å². The predicted molar refractivity (Wildman–Crippen MR) is 49.9 cm³/mol. The summed E-state index contributed by atoms with van der Waals surface area (Å²) in [7, 11) is 0. The van der Waals surface area contributed by atoms with Crippen LogP contribution < -0.4 is 0 Å². The Labute approximate surface area is 86.6 Å². The molecule has 0 aromatic carbocycles. The van der Waals surface area contributed by atoms with Crippen molar-refractivity contribution in [3.63, 3.8) is 0 Å². The van der Waals surface area contributed by atoms with Gasteiger partial charge >= 0.3 is 17.9 Å². The Hall–Kier alpha value is -2.04. The van der Waals surface area contributed by atoms with Gasteiger partial charge in [0.25, 0.3) is 0 Å². The molecule has 0 saturated heterocycles. The highest BCUT2D eigenvalue weighted by Crippen LogP contribution is 2.15. The fraction of sp³-hybridized carbons (Fsp3) is 0.200. The van der Waals surface area contributed by atoms with Crippen LogP contribution in [0.25, 0.3) is 0 Å². The minimum absolute atomic E-state index is 0.0581. The third-order valence-corrected chi connectivity index (χ3v) is 1.30. The largest absolute Gasteiger partial charge is 0.431 e. The van der Waals surface area contributed by atoms with Crippen molar-refractivity contribution in [3.05, 3.63) is 36.2 Å². The lowest BCUT2D eigenvalue weighted by atomic mass is 10.4. The van der Waals surface area contributed by atoms with E-state index >= 15 is 0 Å². The molecule has 0 aromatic rings. The van der Waals surface area contributed by atoms with Gasteiger partial charge in [0.15, 0.2) is 0 Å². The molecule has 0 atom stereocenters. The van der Waals surface area contributed by atoms with Crippen LogP contribution in [0.5, 0.6) is 0 Å². The van der Waals surface area contributed by atoms with Gasteiger partial charge in [-0.25, -0.2) is 0 Å². The summed E-state index contributed by atoms with van der Waals surface area (Å²) in [4.78, 5) is 21.5. The Morgan fingerprint density at radius 3 is 2.40 bits per heavy atom. The first kappa shape index (κ1) is 11.0. The number of hydrogen-bond donors (Lipinski definition) is 0. The van der Waals surface area contributed by atoms with E-state index in [1.807, 2.05) is 0 Å². The van der Waals surface area contributed by atoms with E-state index in [1.165, 1.54) is 26.2 Å². The molecule has 1 aliphatic heterocycles. The highest BCUT2D eigenvalue weighted by atomic mass is 16.7. The summed E-state index contributed by atoms with van der Waals surface area (Å²) in [6.45, 7) is 2.46. The average molecular weight is 210 g/mol. The van der Waals surface area contributed by atoms with Gasteiger partial charge in [-0.15, -0.1) is 0 Å². The molecule has 15 heavy (non-hydrogen) atoms. The van der Waals surface area contributed by atoms with E-state index in [2.05, 4.69) is 0 Å². The Balaban J connectivity index is 2.91. The number of carbonyl (C=O) groups is 2. The van der Waals surface area contributed by atoms with E-state index in [1.54, 1.807) is 12.2 Å². The van der Waals surface area contributed by atoms with Crippen molar-refractivity contribution in [2.45, 2.75) is 13.8 Å². The molecule has 0 radical (unpaired) electrons. The SMILES string of the molecule is CC(=O)OC1=C(OC(C)=O)OC=CC=C1. The van der Waals surface area contributed by atoms with Gasteiger partial charge in [0.2, 0.25) is 5.76 Å². The van der Waals surface area contributed by atoms with Crippen LogP contribution in [0.4, 0.5) is 0 Å². The van der Waals surface area contributed by atoms with Crippen molar-refractivity contribution in [1.82, 2.24) is 0 Å². The molecule has 0 aromatic heterocycles. The van der Waals surface area contributed by atoms with Gasteiger partial charge in [-0.1, -0.05) is 6.08 Å². The number of carbonyl (C=O) groups excluding carboxylic acids is 2. The molecule has 1 aliphatic rings. The molecule has 0 saturated carbocycles. The number of esters is 2. The summed E-state index contributed by atoms with van der Waals surface area (Å²) in [5.41, 5.74) is 0. The molecular weight excluding hydrogens is 200 g/mol. The summed E-state index contributed by atoms with van der Waals surface area (Å²) in [5, 5.41) is 0. The number of ether oxygens (including phenoxy) is 3. The Morgan fingerprint density at radius 1 is 1.13 bits per heavy atom. The lowest BCUT2D eigenvalue weighted by Gasteiger charge is -2.08. The minimum atomic E-state index is -0.557. The van der Waals surface area contributed by atoms with Crippen molar-refractivity contribution >= 4 is 11.9 Å². The van der Waals surface area contributed by atoms with Crippen molar-refractivity contribution in [2.75, 3.05) is 0 Å². The molecule has 5 nitrogen and oxygen atoms in total. The maximum Gasteiger partial charge on any atom is 0.337 e. The van der Waals surface area contributed by atoms with Crippen LogP contribution >= 0.6 is 0 Å².